The lowest BCUT2D eigenvalue weighted by atomic mass is 9.86. The Kier molecular flexibility index (Phi) is 3.37. The smallest absolute Gasteiger partial charge is 0.130 e. The first-order valence-electron chi connectivity index (χ1n) is 6.12. The summed E-state index contributed by atoms with van der Waals surface area (Å²) in [5.74, 6) is 0.960. The zero-order valence-electron chi connectivity index (χ0n) is 11.6. The van der Waals surface area contributed by atoms with Crippen molar-refractivity contribution in [1.29, 1.82) is 0 Å². The van der Waals surface area contributed by atoms with Crippen LogP contribution in [0.2, 0.25) is 0 Å². The van der Waals surface area contributed by atoms with Crippen LogP contribution in [0.5, 0.6) is 0 Å². The van der Waals surface area contributed by atoms with Gasteiger partial charge in [-0.2, -0.15) is 0 Å². The van der Waals surface area contributed by atoms with Gasteiger partial charge in [0, 0.05) is 22.5 Å². The van der Waals surface area contributed by atoms with Gasteiger partial charge in [-0.15, -0.1) is 0 Å². The monoisotopic (exact) mass is 306 g/mol. The van der Waals surface area contributed by atoms with E-state index in [-0.39, 0.29) is 5.41 Å². The fourth-order valence-corrected chi connectivity index (χ4v) is 2.52. The number of halogens is 1. The normalized spacial score (nSPS) is 11.9. The third-order valence-electron chi connectivity index (χ3n) is 3.16. The summed E-state index contributed by atoms with van der Waals surface area (Å²) in [4.78, 5) is 4.76. The Morgan fingerprint density at radius 2 is 1.89 bits per heavy atom. The van der Waals surface area contributed by atoms with Gasteiger partial charge in [0.2, 0.25) is 0 Å². The second kappa shape index (κ2) is 4.54. The van der Waals surface area contributed by atoms with Crippen molar-refractivity contribution in [3.05, 3.63) is 33.8 Å². The van der Waals surface area contributed by atoms with Crippen molar-refractivity contribution in [2.45, 2.75) is 33.1 Å². The zero-order chi connectivity index (χ0) is 13.5. The van der Waals surface area contributed by atoms with E-state index >= 15 is 0 Å². The van der Waals surface area contributed by atoms with Gasteiger partial charge in [-0.1, -0.05) is 32.9 Å². The summed E-state index contributed by atoms with van der Waals surface area (Å²) in [6.07, 6.45) is 0. The molecule has 0 atom stereocenters. The average Bonchev–Trinajstić information content (AvgIpc) is 2.31. The van der Waals surface area contributed by atoms with E-state index in [0.717, 1.165) is 15.8 Å². The molecule has 1 N–H and O–H groups in total. The van der Waals surface area contributed by atoms with Gasteiger partial charge >= 0.3 is 0 Å². The molecular weight excluding hydrogens is 288 g/mol. The van der Waals surface area contributed by atoms with Crippen molar-refractivity contribution in [3.63, 3.8) is 0 Å². The number of aromatic nitrogens is 1. The highest BCUT2D eigenvalue weighted by atomic mass is 79.9. The minimum Gasteiger partial charge on any atom is -0.373 e. The maximum Gasteiger partial charge on any atom is 0.130 e. The molecule has 0 unspecified atom stereocenters. The molecule has 1 aromatic carbocycles. The highest BCUT2D eigenvalue weighted by molar-refractivity contribution is 9.10. The number of anilines is 1. The molecule has 0 aliphatic heterocycles. The number of hydrogen-bond acceptors (Lipinski definition) is 2. The fourth-order valence-electron chi connectivity index (χ4n) is 2.07. The van der Waals surface area contributed by atoms with Crippen LogP contribution < -0.4 is 5.32 Å². The van der Waals surface area contributed by atoms with E-state index in [1.165, 1.54) is 16.5 Å². The predicted octanol–water partition coefficient (Wildman–Crippen LogP) is 4.64. The zero-order valence-corrected chi connectivity index (χ0v) is 13.1. The molecule has 0 aliphatic rings. The van der Waals surface area contributed by atoms with E-state index in [0.29, 0.717) is 0 Å². The summed E-state index contributed by atoms with van der Waals surface area (Å²) >= 11 is 3.63. The van der Waals surface area contributed by atoms with Crippen molar-refractivity contribution >= 4 is 32.7 Å². The van der Waals surface area contributed by atoms with Crippen LogP contribution >= 0.6 is 15.9 Å². The summed E-state index contributed by atoms with van der Waals surface area (Å²) in [5, 5.41) is 4.39. The Morgan fingerprint density at radius 3 is 2.44 bits per heavy atom. The van der Waals surface area contributed by atoms with Crippen LogP contribution in [-0.2, 0) is 5.41 Å². The van der Waals surface area contributed by atoms with Gasteiger partial charge in [0.25, 0.3) is 0 Å². The number of nitrogens with zero attached hydrogens (tertiary/aromatic N) is 1. The molecule has 0 spiro atoms. The summed E-state index contributed by atoms with van der Waals surface area (Å²) in [7, 11) is 1.92. The van der Waals surface area contributed by atoms with Gasteiger partial charge < -0.3 is 5.32 Å². The predicted molar refractivity (Wildman–Crippen MR) is 82.4 cm³/mol. The number of fused-ring (bicyclic) bond motifs is 1. The first-order valence-corrected chi connectivity index (χ1v) is 6.92. The fraction of sp³-hybridized carbons (Fsp3) is 0.400. The Balaban J connectivity index is 2.81. The molecule has 0 fully saturated rings. The van der Waals surface area contributed by atoms with Gasteiger partial charge in [0.05, 0.1) is 5.52 Å². The molecule has 1 heterocycles. The molecule has 0 aliphatic carbocycles. The van der Waals surface area contributed by atoms with E-state index in [9.17, 15) is 0 Å². The number of aryl methyl sites for hydroxylation is 1. The molecular formula is C15H19BrN2. The first-order chi connectivity index (χ1) is 8.34. The molecule has 2 nitrogen and oxygen atoms in total. The largest absolute Gasteiger partial charge is 0.373 e. The van der Waals surface area contributed by atoms with Crippen LogP contribution in [0.1, 0.15) is 31.9 Å². The molecule has 3 heteroatoms. The Morgan fingerprint density at radius 1 is 1.22 bits per heavy atom. The summed E-state index contributed by atoms with van der Waals surface area (Å²) in [5.41, 5.74) is 3.55. The second-order valence-corrected chi connectivity index (χ2v) is 6.45. The SMILES string of the molecule is CNc1nc2c(Br)c(C)ccc2cc1C(C)(C)C. The van der Waals surface area contributed by atoms with Crippen LogP contribution in [0.3, 0.4) is 0 Å². The topological polar surface area (TPSA) is 24.9 Å². The molecule has 0 amide bonds. The third-order valence-corrected chi connectivity index (χ3v) is 4.16. The Bertz CT molecular complexity index is 597. The lowest BCUT2D eigenvalue weighted by Crippen LogP contribution is -2.15. The molecule has 0 saturated heterocycles. The van der Waals surface area contributed by atoms with Crippen molar-refractivity contribution < 1.29 is 0 Å². The number of benzene rings is 1. The maximum absolute atomic E-state index is 4.76. The van der Waals surface area contributed by atoms with Crippen LogP contribution in [0.15, 0.2) is 22.7 Å². The van der Waals surface area contributed by atoms with Crippen LogP contribution in [-0.4, -0.2) is 12.0 Å². The molecule has 96 valence electrons. The lowest BCUT2D eigenvalue weighted by Gasteiger charge is -2.23. The summed E-state index contributed by atoms with van der Waals surface area (Å²) < 4.78 is 1.08. The van der Waals surface area contributed by atoms with E-state index in [2.05, 4.69) is 67.1 Å². The van der Waals surface area contributed by atoms with Gasteiger partial charge in [0.1, 0.15) is 5.82 Å². The van der Waals surface area contributed by atoms with Gasteiger partial charge in [0.15, 0.2) is 0 Å². The van der Waals surface area contributed by atoms with Crippen molar-refractivity contribution in [2.24, 2.45) is 0 Å². The van der Waals surface area contributed by atoms with E-state index < -0.39 is 0 Å². The standard InChI is InChI=1S/C15H19BrN2/c1-9-6-7-10-8-11(15(2,3)4)14(17-5)18-13(10)12(9)16/h6-8H,1-5H3,(H,17,18). The molecule has 0 bridgehead atoms. The number of pyridine rings is 1. The molecule has 1 aromatic heterocycles. The lowest BCUT2D eigenvalue weighted by molar-refractivity contribution is 0.591. The van der Waals surface area contributed by atoms with Gasteiger partial charge in [-0.05, 0) is 39.9 Å². The van der Waals surface area contributed by atoms with Crippen LogP contribution in [0, 0.1) is 6.92 Å². The molecule has 2 rings (SSSR count). The minimum absolute atomic E-state index is 0.0803. The van der Waals surface area contributed by atoms with Crippen LogP contribution in [0.25, 0.3) is 10.9 Å². The maximum atomic E-state index is 4.76. The first kappa shape index (κ1) is 13.3. The average molecular weight is 307 g/mol. The highest BCUT2D eigenvalue weighted by Crippen LogP contribution is 2.34. The molecule has 0 saturated carbocycles. The van der Waals surface area contributed by atoms with Crippen molar-refractivity contribution in [1.82, 2.24) is 4.98 Å². The number of hydrogen-bond donors (Lipinski definition) is 1. The number of rotatable bonds is 1. The second-order valence-electron chi connectivity index (χ2n) is 5.65. The quantitative estimate of drug-likeness (QED) is 0.830. The summed E-state index contributed by atoms with van der Waals surface area (Å²) in [6.45, 7) is 8.71. The van der Waals surface area contributed by atoms with Crippen LogP contribution in [0.4, 0.5) is 5.82 Å². The van der Waals surface area contributed by atoms with E-state index in [1.54, 1.807) is 0 Å². The van der Waals surface area contributed by atoms with Gasteiger partial charge in [-0.25, -0.2) is 4.98 Å². The molecule has 2 aromatic rings. The Labute approximate surface area is 117 Å². The van der Waals surface area contributed by atoms with E-state index in [1.807, 2.05) is 7.05 Å². The van der Waals surface area contributed by atoms with Gasteiger partial charge in [-0.3, -0.25) is 0 Å². The number of nitrogens with one attached hydrogen (secondary N) is 1. The molecule has 0 radical (unpaired) electrons. The molecule has 18 heavy (non-hydrogen) atoms. The third kappa shape index (κ3) is 2.24. The summed E-state index contributed by atoms with van der Waals surface area (Å²) in [6, 6.07) is 6.50. The van der Waals surface area contributed by atoms with E-state index in [4.69, 9.17) is 4.98 Å². The highest BCUT2D eigenvalue weighted by Gasteiger charge is 2.20. The Hall–Kier alpha value is -1.09. The van der Waals surface area contributed by atoms with Crippen molar-refractivity contribution in [3.8, 4) is 0 Å². The minimum atomic E-state index is 0.0803. The van der Waals surface area contributed by atoms with Crippen molar-refractivity contribution in [2.75, 3.05) is 12.4 Å².